The van der Waals surface area contributed by atoms with Gasteiger partial charge in [0.15, 0.2) is 11.5 Å². The van der Waals surface area contributed by atoms with E-state index >= 15 is 0 Å². The van der Waals surface area contributed by atoms with Crippen molar-refractivity contribution >= 4 is 23.7 Å². The number of hydrogen-bond acceptors (Lipinski definition) is 4. The molecule has 0 heterocycles. The zero-order chi connectivity index (χ0) is 18.8. The first-order valence-corrected chi connectivity index (χ1v) is 8.40. The molecule has 0 atom stereocenters. The molecule has 2 rings (SSSR count). The summed E-state index contributed by atoms with van der Waals surface area (Å²) in [4.78, 5) is 11.9. The topological polar surface area (TPSA) is 59.9 Å². The van der Waals surface area contributed by atoms with Crippen LogP contribution in [0.1, 0.15) is 18.1 Å². The van der Waals surface area contributed by atoms with E-state index in [4.69, 9.17) is 27.5 Å². The molecular weight excluding hydrogens is 352 g/mol. The zero-order valence-electron chi connectivity index (χ0n) is 14.4. The third-order valence-corrected chi connectivity index (χ3v) is 3.52. The van der Waals surface area contributed by atoms with Crippen molar-refractivity contribution in [2.45, 2.75) is 13.3 Å². The van der Waals surface area contributed by atoms with Crippen LogP contribution in [0, 0.1) is 12.3 Å². The lowest BCUT2D eigenvalue weighted by Gasteiger charge is -2.12. The van der Waals surface area contributed by atoms with Crippen LogP contribution >= 0.6 is 11.6 Å². The molecule has 1 N–H and O–H groups in total. The molecule has 26 heavy (non-hydrogen) atoms. The van der Waals surface area contributed by atoms with Gasteiger partial charge < -0.3 is 9.47 Å². The fraction of sp³-hybridized carbons (Fsp3) is 0.200. The Morgan fingerprint density at radius 3 is 2.77 bits per heavy atom. The van der Waals surface area contributed by atoms with E-state index in [1.165, 1.54) is 6.21 Å². The number of rotatable bonds is 8. The Kier molecular flexibility index (Phi) is 7.53. The second kappa shape index (κ2) is 10.1. The van der Waals surface area contributed by atoms with Crippen molar-refractivity contribution in [3.63, 3.8) is 0 Å². The van der Waals surface area contributed by atoms with Crippen LogP contribution < -0.4 is 14.9 Å². The summed E-state index contributed by atoms with van der Waals surface area (Å²) in [7, 11) is 0. The van der Waals surface area contributed by atoms with Gasteiger partial charge in [0, 0.05) is 0 Å². The van der Waals surface area contributed by atoms with Gasteiger partial charge in [0.05, 0.1) is 24.3 Å². The van der Waals surface area contributed by atoms with Gasteiger partial charge in [-0.3, -0.25) is 4.79 Å². The molecule has 0 aliphatic rings. The lowest BCUT2D eigenvalue weighted by molar-refractivity contribution is -0.120. The van der Waals surface area contributed by atoms with Gasteiger partial charge >= 0.3 is 0 Å². The maximum absolute atomic E-state index is 11.9. The van der Waals surface area contributed by atoms with E-state index in [-0.39, 0.29) is 18.9 Å². The molecule has 5 nitrogen and oxygen atoms in total. The first kappa shape index (κ1) is 19.4. The molecule has 0 saturated heterocycles. The Labute approximate surface area is 158 Å². The van der Waals surface area contributed by atoms with Crippen molar-refractivity contribution in [2.24, 2.45) is 5.10 Å². The Morgan fingerprint density at radius 1 is 1.31 bits per heavy atom. The monoisotopic (exact) mass is 370 g/mol. The van der Waals surface area contributed by atoms with Crippen molar-refractivity contribution in [3.05, 3.63) is 58.6 Å². The summed E-state index contributed by atoms with van der Waals surface area (Å²) in [5.74, 6) is 3.02. The second-order valence-corrected chi connectivity index (χ2v) is 5.62. The predicted octanol–water partition coefficient (Wildman–Crippen LogP) is 3.44. The maximum atomic E-state index is 11.9. The van der Waals surface area contributed by atoms with Crippen LogP contribution in [0.5, 0.6) is 11.5 Å². The lowest BCUT2D eigenvalue weighted by Crippen LogP contribution is -2.19. The Bertz CT molecular complexity index is 814. The minimum atomic E-state index is -0.211. The van der Waals surface area contributed by atoms with Gasteiger partial charge in [-0.15, -0.1) is 6.42 Å². The molecule has 1 amide bonds. The average Bonchev–Trinajstić information content (AvgIpc) is 2.62. The Balaban J connectivity index is 2.05. The summed E-state index contributed by atoms with van der Waals surface area (Å²) in [6, 6.07) is 12.8. The van der Waals surface area contributed by atoms with Gasteiger partial charge in [-0.2, -0.15) is 5.10 Å². The minimum Gasteiger partial charge on any atom is -0.490 e. The van der Waals surface area contributed by atoms with E-state index in [1.807, 2.05) is 37.3 Å². The first-order chi connectivity index (χ1) is 12.6. The van der Waals surface area contributed by atoms with E-state index in [0.717, 1.165) is 5.56 Å². The largest absolute Gasteiger partial charge is 0.490 e. The Hall–Kier alpha value is -2.97. The molecule has 6 heteroatoms. The van der Waals surface area contributed by atoms with Crippen molar-refractivity contribution in [1.29, 1.82) is 0 Å². The minimum absolute atomic E-state index is 0.0861. The smallest absolute Gasteiger partial charge is 0.244 e. The van der Waals surface area contributed by atoms with Gasteiger partial charge in [-0.25, -0.2) is 5.43 Å². The average molecular weight is 371 g/mol. The number of ether oxygens (including phenoxy) is 2. The van der Waals surface area contributed by atoms with E-state index in [1.54, 1.807) is 12.1 Å². The SMILES string of the molecule is C#CCOc1c(Cl)cc(/C=N\NC(=O)Cc2ccccc2)cc1OCC. The quantitative estimate of drug-likeness (QED) is 0.440. The fourth-order valence-corrected chi connectivity index (χ4v) is 2.45. The molecule has 0 saturated carbocycles. The number of amides is 1. The van der Waals surface area contributed by atoms with Crippen molar-refractivity contribution in [2.75, 3.05) is 13.2 Å². The number of nitrogens with zero attached hydrogens (tertiary/aromatic N) is 1. The zero-order valence-corrected chi connectivity index (χ0v) is 15.1. The van der Waals surface area contributed by atoms with Gasteiger partial charge in [-0.05, 0) is 30.2 Å². The van der Waals surface area contributed by atoms with Crippen molar-refractivity contribution in [3.8, 4) is 23.8 Å². The molecule has 2 aromatic rings. The second-order valence-electron chi connectivity index (χ2n) is 5.21. The van der Waals surface area contributed by atoms with Crippen molar-refractivity contribution in [1.82, 2.24) is 5.43 Å². The maximum Gasteiger partial charge on any atom is 0.244 e. The summed E-state index contributed by atoms with van der Waals surface area (Å²) >= 11 is 6.23. The lowest BCUT2D eigenvalue weighted by atomic mass is 10.1. The molecular formula is C20H19ClN2O3. The first-order valence-electron chi connectivity index (χ1n) is 8.02. The molecule has 0 aromatic heterocycles. The van der Waals surface area contributed by atoms with Crippen molar-refractivity contribution < 1.29 is 14.3 Å². The number of hydrogen-bond donors (Lipinski definition) is 1. The third-order valence-electron chi connectivity index (χ3n) is 3.24. The highest BCUT2D eigenvalue weighted by atomic mass is 35.5. The molecule has 2 aromatic carbocycles. The summed E-state index contributed by atoms with van der Waals surface area (Å²) in [5, 5.41) is 4.31. The predicted molar refractivity (Wildman–Crippen MR) is 103 cm³/mol. The normalized spacial score (nSPS) is 10.3. The molecule has 134 valence electrons. The van der Waals surface area contributed by atoms with E-state index in [2.05, 4.69) is 16.4 Å². The number of benzene rings is 2. The molecule has 0 spiro atoms. The number of hydrazone groups is 1. The van der Waals surface area contributed by atoms with Gasteiger partial charge in [0.1, 0.15) is 6.61 Å². The van der Waals surface area contributed by atoms with E-state index in [0.29, 0.717) is 28.7 Å². The summed E-state index contributed by atoms with van der Waals surface area (Å²) in [5.41, 5.74) is 4.06. The standard InChI is InChI=1S/C20H19ClN2O3/c1-3-10-26-20-17(21)11-16(12-18(20)25-4-2)14-22-23-19(24)13-15-8-6-5-7-9-15/h1,5-9,11-12,14H,4,10,13H2,2H3,(H,23,24)/b22-14-. The van der Waals surface area contributed by atoms with Gasteiger partial charge in [0.2, 0.25) is 5.91 Å². The molecule has 0 unspecified atom stereocenters. The fourth-order valence-electron chi connectivity index (χ4n) is 2.18. The van der Waals surface area contributed by atoms with Crippen LogP contribution in [-0.2, 0) is 11.2 Å². The molecule has 0 radical (unpaired) electrons. The highest BCUT2D eigenvalue weighted by Crippen LogP contribution is 2.36. The number of carbonyl (C=O) groups is 1. The Morgan fingerprint density at radius 2 is 2.08 bits per heavy atom. The van der Waals surface area contributed by atoms with Gasteiger partial charge in [-0.1, -0.05) is 47.9 Å². The highest BCUT2D eigenvalue weighted by Gasteiger charge is 2.12. The molecule has 0 aliphatic carbocycles. The molecule has 0 aliphatic heterocycles. The van der Waals surface area contributed by atoms with Crippen LogP contribution in [0.4, 0.5) is 0 Å². The third kappa shape index (κ3) is 5.83. The number of carbonyl (C=O) groups excluding carboxylic acids is 1. The summed E-state index contributed by atoms with van der Waals surface area (Å²) in [6.07, 6.45) is 6.95. The van der Waals surface area contributed by atoms with Crippen LogP contribution in [0.3, 0.4) is 0 Å². The summed E-state index contributed by atoms with van der Waals surface area (Å²) < 4.78 is 11.0. The van der Waals surface area contributed by atoms with Crippen LogP contribution in [0.2, 0.25) is 5.02 Å². The van der Waals surface area contributed by atoms with E-state index < -0.39 is 0 Å². The van der Waals surface area contributed by atoms with Crippen LogP contribution in [0.15, 0.2) is 47.6 Å². The number of terminal acetylenes is 1. The molecule has 0 fully saturated rings. The van der Waals surface area contributed by atoms with Crippen LogP contribution in [-0.4, -0.2) is 25.3 Å². The summed E-state index contributed by atoms with van der Waals surface area (Å²) in [6.45, 7) is 2.38. The van der Waals surface area contributed by atoms with E-state index in [9.17, 15) is 4.79 Å². The molecule has 0 bridgehead atoms. The number of halogens is 1. The van der Waals surface area contributed by atoms with Crippen LogP contribution in [0.25, 0.3) is 0 Å². The highest BCUT2D eigenvalue weighted by molar-refractivity contribution is 6.32. The van der Waals surface area contributed by atoms with Gasteiger partial charge in [0.25, 0.3) is 0 Å². The number of nitrogens with one attached hydrogen (secondary N) is 1.